The van der Waals surface area contributed by atoms with Gasteiger partial charge < -0.3 is 25.6 Å². The maximum Gasteiger partial charge on any atom is 0.323 e. The molecule has 1 aliphatic heterocycles. The van der Waals surface area contributed by atoms with Gasteiger partial charge in [-0.05, 0) is 61.4 Å². The highest BCUT2D eigenvalue weighted by atomic mass is 16.5. The van der Waals surface area contributed by atoms with E-state index >= 15 is 0 Å². The smallest absolute Gasteiger partial charge is 0.323 e. The van der Waals surface area contributed by atoms with Crippen LogP contribution in [0.2, 0.25) is 0 Å². The second kappa shape index (κ2) is 9.44. The van der Waals surface area contributed by atoms with E-state index < -0.39 is 0 Å². The fourth-order valence-electron chi connectivity index (χ4n) is 3.31. The SMILES string of the molecule is Cc1ccc(NC(=O)Nc2ccc(Nc3cc(N4CCOCC4)cnn3)cc2)cc1C. The number of morpholine rings is 1. The van der Waals surface area contributed by atoms with Gasteiger partial charge in [-0.2, -0.15) is 5.10 Å². The van der Waals surface area contributed by atoms with Crippen LogP contribution in [0.3, 0.4) is 0 Å². The highest BCUT2D eigenvalue weighted by molar-refractivity contribution is 5.99. The summed E-state index contributed by atoms with van der Waals surface area (Å²) in [4.78, 5) is 14.5. The molecule has 4 rings (SSSR count). The molecule has 3 aromatic rings. The second-order valence-corrected chi connectivity index (χ2v) is 7.48. The molecule has 8 nitrogen and oxygen atoms in total. The maximum absolute atomic E-state index is 12.3. The number of hydrogen-bond acceptors (Lipinski definition) is 6. The lowest BCUT2D eigenvalue weighted by molar-refractivity contribution is 0.122. The third kappa shape index (κ3) is 5.49. The number of nitrogens with zero attached hydrogens (tertiary/aromatic N) is 3. The Kier molecular flexibility index (Phi) is 6.28. The fourth-order valence-corrected chi connectivity index (χ4v) is 3.31. The lowest BCUT2D eigenvalue weighted by Gasteiger charge is -2.28. The van der Waals surface area contributed by atoms with Crippen LogP contribution < -0.4 is 20.9 Å². The molecule has 1 fully saturated rings. The van der Waals surface area contributed by atoms with Gasteiger partial charge in [0.25, 0.3) is 0 Å². The Labute approximate surface area is 181 Å². The molecule has 0 radical (unpaired) electrons. The minimum atomic E-state index is -0.284. The number of rotatable bonds is 5. The normalized spacial score (nSPS) is 13.5. The van der Waals surface area contributed by atoms with E-state index in [9.17, 15) is 4.79 Å². The molecule has 0 bridgehead atoms. The van der Waals surface area contributed by atoms with Gasteiger partial charge in [-0.15, -0.1) is 5.10 Å². The maximum atomic E-state index is 12.3. The van der Waals surface area contributed by atoms with Crippen LogP contribution in [0.1, 0.15) is 11.1 Å². The van der Waals surface area contributed by atoms with Crippen molar-refractivity contribution >= 4 is 34.6 Å². The van der Waals surface area contributed by atoms with Crippen molar-refractivity contribution in [2.45, 2.75) is 13.8 Å². The average Bonchev–Trinajstić information content (AvgIpc) is 2.78. The minimum absolute atomic E-state index is 0.284. The third-order valence-corrected chi connectivity index (χ3v) is 5.20. The number of carbonyl (C=O) groups excluding carboxylic acids is 1. The van der Waals surface area contributed by atoms with Crippen LogP contribution in [-0.4, -0.2) is 42.5 Å². The van der Waals surface area contributed by atoms with E-state index in [0.717, 1.165) is 48.9 Å². The van der Waals surface area contributed by atoms with E-state index in [4.69, 9.17) is 4.74 Å². The lowest BCUT2D eigenvalue weighted by atomic mass is 10.1. The van der Waals surface area contributed by atoms with Gasteiger partial charge in [0.2, 0.25) is 0 Å². The lowest BCUT2D eigenvalue weighted by Crippen LogP contribution is -2.36. The van der Waals surface area contributed by atoms with Gasteiger partial charge in [0.1, 0.15) is 0 Å². The zero-order valence-electron chi connectivity index (χ0n) is 17.7. The summed E-state index contributed by atoms with van der Waals surface area (Å²) in [5.74, 6) is 0.664. The molecule has 8 heteroatoms. The molecule has 0 saturated carbocycles. The summed E-state index contributed by atoms with van der Waals surface area (Å²) >= 11 is 0. The number of aryl methyl sites for hydroxylation is 2. The Balaban J connectivity index is 1.35. The van der Waals surface area contributed by atoms with Gasteiger partial charge in [-0.1, -0.05) is 6.07 Å². The Bertz CT molecular complexity index is 1050. The zero-order chi connectivity index (χ0) is 21.6. The molecular weight excluding hydrogens is 392 g/mol. The van der Waals surface area contributed by atoms with E-state index in [-0.39, 0.29) is 6.03 Å². The summed E-state index contributed by atoms with van der Waals surface area (Å²) in [7, 11) is 0. The largest absolute Gasteiger partial charge is 0.378 e. The number of amides is 2. The van der Waals surface area contributed by atoms with Crippen molar-refractivity contribution in [2.24, 2.45) is 0 Å². The van der Waals surface area contributed by atoms with Crippen LogP contribution in [0.4, 0.5) is 33.4 Å². The Morgan fingerprint density at radius 1 is 0.903 bits per heavy atom. The minimum Gasteiger partial charge on any atom is -0.378 e. The van der Waals surface area contributed by atoms with Crippen molar-refractivity contribution < 1.29 is 9.53 Å². The molecule has 31 heavy (non-hydrogen) atoms. The number of nitrogens with one attached hydrogen (secondary N) is 3. The Hall–Kier alpha value is -3.65. The first-order valence-electron chi connectivity index (χ1n) is 10.2. The van der Waals surface area contributed by atoms with Gasteiger partial charge in [0.05, 0.1) is 25.1 Å². The Morgan fingerprint density at radius 2 is 1.58 bits per heavy atom. The van der Waals surface area contributed by atoms with Crippen molar-refractivity contribution in [3.63, 3.8) is 0 Å². The number of benzene rings is 2. The van der Waals surface area contributed by atoms with Crippen molar-refractivity contribution in [3.05, 3.63) is 65.9 Å². The molecular formula is C23H26N6O2. The number of urea groups is 1. The van der Waals surface area contributed by atoms with Crippen LogP contribution in [0, 0.1) is 13.8 Å². The quantitative estimate of drug-likeness (QED) is 0.572. The molecule has 1 aliphatic rings. The molecule has 2 heterocycles. The highest BCUT2D eigenvalue weighted by Crippen LogP contribution is 2.22. The highest BCUT2D eigenvalue weighted by Gasteiger charge is 2.12. The summed E-state index contributed by atoms with van der Waals surface area (Å²) in [6.07, 6.45) is 1.76. The number of carbonyl (C=O) groups is 1. The molecule has 2 amide bonds. The molecule has 160 valence electrons. The van der Waals surface area contributed by atoms with Crippen LogP contribution in [-0.2, 0) is 4.74 Å². The third-order valence-electron chi connectivity index (χ3n) is 5.20. The standard InChI is InChI=1S/C23H26N6O2/c1-16-3-4-20(13-17(16)2)27-23(30)26-19-7-5-18(6-8-19)25-22-14-21(15-24-28-22)29-9-11-31-12-10-29/h3-8,13-15H,9-12H2,1-2H3,(H,25,28)(H2,26,27,30). The molecule has 2 aromatic carbocycles. The summed E-state index contributed by atoms with van der Waals surface area (Å²) in [5.41, 5.74) is 5.65. The van der Waals surface area contributed by atoms with E-state index in [2.05, 4.69) is 31.0 Å². The summed E-state index contributed by atoms with van der Waals surface area (Å²) < 4.78 is 5.40. The molecule has 1 aromatic heterocycles. The molecule has 3 N–H and O–H groups in total. The summed E-state index contributed by atoms with van der Waals surface area (Å²) in [5, 5.41) is 17.2. The first kappa shape index (κ1) is 20.6. The number of hydrogen-bond donors (Lipinski definition) is 3. The van der Waals surface area contributed by atoms with Crippen LogP contribution in [0.25, 0.3) is 0 Å². The monoisotopic (exact) mass is 418 g/mol. The van der Waals surface area contributed by atoms with Gasteiger partial charge in [0, 0.05) is 36.2 Å². The average molecular weight is 419 g/mol. The topological polar surface area (TPSA) is 91.4 Å². The Morgan fingerprint density at radius 3 is 2.32 bits per heavy atom. The number of anilines is 5. The van der Waals surface area contributed by atoms with Gasteiger partial charge >= 0.3 is 6.03 Å². The summed E-state index contributed by atoms with van der Waals surface area (Å²) in [6, 6.07) is 15.0. The predicted molar refractivity (Wildman–Crippen MR) is 123 cm³/mol. The van der Waals surface area contributed by atoms with Gasteiger partial charge in [0.15, 0.2) is 5.82 Å². The molecule has 1 saturated heterocycles. The molecule has 0 aliphatic carbocycles. The van der Waals surface area contributed by atoms with Crippen LogP contribution >= 0.6 is 0 Å². The first-order chi connectivity index (χ1) is 15.1. The van der Waals surface area contributed by atoms with E-state index in [0.29, 0.717) is 11.5 Å². The first-order valence-corrected chi connectivity index (χ1v) is 10.2. The van der Waals surface area contributed by atoms with Crippen molar-refractivity contribution in [1.82, 2.24) is 10.2 Å². The van der Waals surface area contributed by atoms with Crippen molar-refractivity contribution in [3.8, 4) is 0 Å². The van der Waals surface area contributed by atoms with Gasteiger partial charge in [-0.25, -0.2) is 4.79 Å². The van der Waals surface area contributed by atoms with E-state index in [1.807, 2.05) is 62.4 Å². The molecule has 0 unspecified atom stereocenters. The number of aromatic nitrogens is 2. The van der Waals surface area contributed by atoms with Crippen molar-refractivity contribution in [2.75, 3.05) is 47.2 Å². The van der Waals surface area contributed by atoms with E-state index in [1.54, 1.807) is 6.20 Å². The van der Waals surface area contributed by atoms with Crippen molar-refractivity contribution in [1.29, 1.82) is 0 Å². The second-order valence-electron chi connectivity index (χ2n) is 7.48. The van der Waals surface area contributed by atoms with Crippen LogP contribution in [0.5, 0.6) is 0 Å². The van der Waals surface area contributed by atoms with Gasteiger partial charge in [-0.3, -0.25) is 0 Å². The predicted octanol–water partition coefficient (Wildman–Crippen LogP) is 4.32. The van der Waals surface area contributed by atoms with Crippen LogP contribution in [0.15, 0.2) is 54.7 Å². The zero-order valence-corrected chi connectivity index (χ0v) is 17.7. The molecule has 0 atom stereocenters. The number of ether oxygens (including phenoxy) is 1. The van der Waals surface area contributed by atoms with E-state index in [1.165, 1.54) is 5.56 Å². The fraction of sp³-hybridized carbons (Fsp3) is 0.261. The summed E-state index contributed by atoms with van der Waals surface area (Å²) in [6.45, 7) is 7.18. The molecule has 0 spiro atoms.